The molecule has 0 amide bonds. The van der Waals surface area contributed by atoms with Crippen LogP contribution in [0.1, 0.15) is 39.5 Å². The molecule has 4 unspecified atom stereocenters. The Morgan fingerprint density at radius 2 is 2.24 bits per heavy atom. The minimum Gasteiger partial charge on any atom is -0.392 e. The first-order valence-corrected chi connectivity index (χ1v) is 7.29. The van der Waals surface area contributed by atoms with Gasteiger partial charge in [0, 0.05) is 12.6 Å². The SMILES string of the molecule is CC1CCN(CC2CCCNC2)C(C(C)O)C1. The molecule has 0 aromatic rings. The van der Waals surface area contributed by atoms with E-state index in [-0.39, 0.29) is 6.10 Å². The van der Waals surface area contributed by atoms with E-state index in [0.29, 0.717) is 6.04 Å². The Morgan fingerprint density at radius 1 is 1.41 bits per heavy atom. The molecule has 0 radical (unpaired) electrons. The summed E-state index contributed by atoms with van der Waals surface area (Å²) in [6, 6.07) is 0.390. The predicted octanol–water partition coefficient (Wildman–Crippen LogP) is 1.47. The van der Waals surface area contributed by atoms with Gasteiger partial charge in [-0.2, -0.15) is 0 Å². The molecule has 0 bridgehead atoms. The summed E-state index contributed by atoms with van der Waals surface area (Å²) in [5, 5.41) is 13.4. The monoisotopic (exact) mass is 240 g/mol. The first kappa shape index (κ1) is 13.3. The van der Waals surface area contributed by atoms with E-state index in [4.69, 9.17) is 0 Å². The van der Waals surface area contributed by atoms with Gasteiger partial charge in [-0.1, -0.05) is 6.92 Å². The van der Waals surface area contributed by atoms with Crippen molar-refractivity contribution in [2.75, 3.05) is 26.2 Å². The van der Waals surface area contributed by atoms with Gasteiger partial charge in [0.2, 0.25) is 0 Å². The van der Waals surface area contributed by atoms with Crippen molar-refractivity contribution < 1.29 is 5.11 Å². The number of rotatable bonds is 3. The molecule has 2 saturated heterocycles. The highest BCUT2D eigenvalue weighted by Gasteiger charge is 2.31. The number of piperidine rings is 2. The Labute approximate surface area is 106 Å². The highest BCUT2D eigenvalue weighted by Crippen LogP contribution is 2.26. The largest absolute Gasteiger partial charge is 0.392 e. The number of aliphatic hydroxyl groups excluding tert-OH is 1. The maximum absolute atomic E-state index is 9.94. The number of nitrogens with one attached hydrogen (secondary N) is 1. The Morgan fingerprint density at radius 3 is 2.88 bits per heavy atom. The van der Waals surface area contributed by atoms with Crippen LogP contribution in [0, 0.1) is 11.8 Å². The molecule has 3 nitrogen and oxygen atoms in total. The van der Waals surface area contributed by atoms with Crippen LogP contribution >= 0.6 is 0 Å². The molecule has 2 rings (SSSR count). The minimum absolute atomic E-state index is 0.186. The summed E-state index contributed by atoms with van der Waals surface area (Å²) in [5.41, 5.74) is 0. The van der Waals surface area contributed by atoms with Gasteiger partial charge < -0.3 is 10.4 Å². The molecular formula is C14H28N2O. The van der Waals surface area contributed by atoms with E-state index in [2.05, 4.69) is 17.1 Å². The lowest BCUT2D eigenvalue weighted by Crippen LogP contribution is -2.51. The van der Waals surface area contributed by atoms with Crippen molar-refractivity contribution in [2.45, 2.75) is 51.7 Å². The number of hydrogen-bond donors (Lipinski definition) is 2. The molecule has 0 aromatic heterocycles. The molecule has 3 heteroatoms. The Balaban J connectivity index is 1.88. The molecule has 0 aliphatic carbocycles. The normalized spacial score (nSPS) is 37.9. The van der Waals surface area contributed by atoms with E-state index in [1.807, 2.05) is 6.92 Å². The molecule has 0 saturated carbocycles. The Bertz CT molecular complexity index is 226. The van der Waals surface area contributed by atoms with Crippen molar-refractivity contribution in [2.24, 2.45) is 11.8 Å². The second kappa shape index (κ2) is 6.17. The fourth-order valence-electron chi connectivity index (χ4n) is 3.37. The molecule has 17 heavy (non-hydrogen) atoms. The van der Waals surface area contributed by atoms with Crippen molar-refractivity contribution in [3.8, 4) is 0 Å². The number of aliphatic hydroxyl groups is 1. The maximum atomic E-state index is 9.94. The summed E-state index contributed by atoms with van der Waals surface area (Å²) in [7, 11) is 0. The third-order valence-corrected chi connectivity index (χ3v) is 4.47. The second-order valence-electron chi connectivity index (χ2n) is 6.14. The highest BCUT2D eigenvalue weighted by molar-refractivity contribution is 4.85. The van der Waals surface area contributed by atoms with E-state index in [1.54, 1.807) is 0 Å². The van der Waals surface area contributed by atoms with Gasteiger partial charge in [-0.15, -0.1) is 0 Å². The van der Waals surface area contributed by atoms with Crippen LogP contribution in [0.2, 0.25) is 0 Å². The summed E-state index contributed by atoms with van der Waals surface area (Å²) in [4.78, 5) is 2.54. The molecular weight excluding hydrogens is 212 g/mol. The predicted molar refractivity (Wildman–Crippen MR) is 71.0 cm³/mol. The van der Waals surface area contributed by atoms with Crippen LogP contribution in [0.5, 0.6) is 0 Å². The third-order valence-electron chi connectivity index (χ3n) is 4.47. The first-order chi connectivity index (χ1) is 8.16. The van der Waals surface area contributed by atoms with Gasteiger partial charge in [0.15, 0.2) is 0 Å². The standard InChI is InChI=1S/C14H28N2O/c1-11-5-7-16(14(8-11)12(2)17)10-13-4-3-6-15-9-13/h11-15,17H,3-10H2,1-2H3. The summed E-state index contributed by atoms with van der Waals surface area (Å²) in [6.45, 7) is 8.97. The average molecular weight is 240 g/mol. The molecule has 0 aromatic carbocycles. The van der Waals surface area contributed by atoms with E-state index in [9.17, 15) is 5.11 Å². The van der Waals surface area contributed by atoms with Gasteiger partial charge in [0.1, 0.15) is 0 Å². The van der Waals surface area contributed by atoms with Gasteiger partial charge in [-0.05, 0) is 64.1 Å². The van der Waals surface area contributed by atoms with Crippen molar-refractivity contribution in [3.05, 3.63) is 0 Å². The van der Waals surface area contributed by atoms with E-state index < -0.39 is 0 Å². The number of hydrogen-bond acceptors (Lipinski definition) is 3. The molecule has 2 aliphatic rings. The van der Waals surface area contributed by atoms with E-state index in [1.165, 1.54) is 45.4 Å². The van der Waals surface area contributed by atoms with Crippen molar-refractivity contribution in [1.82, 2.24) is 10.2 Å². The third kappa shape index (κ3) is 3.67. The Hall–Kier alpha value is -0.120. The van der Waals surface area contributed by atoms with Crippen LogP contribution in [0.4, 0.5) is 0 Å². The second-order valence-corrected chi connectivity index (χ2v) is 6.14. The van der Waals surface area contributed by atoms with Gasteiger partial charge >= 0.3 is 0 Å². The zero-order valence-corrected chi connectivity index (χ0v) is 11.4. The van der Waals surface area contributed by atoms with Crippen molar-refractivity contribution in [3.63, 3.8) is 0 Å². The van der Waals surface area contributed by atoms with E-state index >= 15 is 0 Å². The average Bonchev–Trinajstić information content (AvgIpc) is 2.32. The van der Waals surface area contributed by atoms with Crippen LogP contribution in [-0.2, 0) is 0 Å². The molecule has 2 N–H and O–H groups in total. The molecule has 0 spiro atoms. The smallest absolute Gasteiger partial charge is 0.0667 e. The Kier molecular flexibility index (Phi) is 4.83. The van der Waals surface area contributed by atoms with Gasteiger partial charge in [-0.3, -0.25) is 4.90 Å². The molecule has 2 aliphatic heterocycles. The molecule has 2 heterocycles. The van der Waals surface area contributed by atoms with Gasteiger partial charge in [0.25, 0.3) is 0 Å². The van der Waals surface area contributed by atoms with Gasteiger partial charge in [0.05, 0.1) is 6.10 Å². The zero-order valence-electron chi connectivity index (χ0n) is 11.4. The van der Waals surface area contributed by atoms with Crippen LogP contribution in [0.25, 0.3) is 0 Å². The fourth-order valence-corrected chi connectivity index (χ4v) is 3.37. The number of nitrogens with zero attached hydrogens (tertiary/aromatic N) is 1. The first-order valence-electron chi connectivity index (χ1n) is 7.29. The minimum atomic E-state index is -0.186. The topological polar surface area (TPSA) is 35.5 Å². The van der Waals surface area contributed by atoms with Gasteiger partial charge in [-0.25, -0.2) is 0 Å². The van der Waals surface area contributed by atoms with E-state index in [0.717, 1.165) is 18.3 Å². The molecule has 100 valence electrons. The number of likely N-dealkylation sites (tertiary alicyclic amines) is 1. The van der Waals surface area contributed by atoms with Crippen LogP contribution < -0.4 is 5.32 Å². The molecule has 4 atom stereocenters. The van der Waals surface area contributed by atoms with Crippen molar-refractivity contribution in [1.29, 1.82) is 0 Å². The van der Waals surface area contributed by atoms with Crippen LogP contribution in [-0.4, -0.2) is 48.3 Å². The quantitative estimate of drug-likeness (QED) is 0.784. The fraction of sp³-hybridized carbons (Fsp3) is 1.00. The lowest BCUT2D eigenvalue weighted by molar-refractivity contribution is 0.0105. The zero-order chi connectivity index (χ0) is 12.3. The molecule has 2 fully saturated rings. The summed E-state index contributed by atoms with van der Waals surface area (Å²) in [6.07, 6.45) is 4.94. The lowest BCUT2D eigenvalue weighted by Gasteiger charge is -2.42. The summed E-state index contributed by atoms with van der Waals surface area (Å²) < 4.78 is 0. The maximum Gasteiger partial charge on any atom is 0.0667 e. The summed E-state index contributed by atoms with van der Waals surface area (Å²) in [5.74, 6) is 1.56. The lowest BCUT2D eigenvalue weighted by atomic mass is 9.88. The van der Waals surface area contributed by atoms with Crippen LogP contribution in [0.3, 0.4) is 0 Å². The summed E-state index contributed by atoms with van der Waals surface area (Å²) >= 11 is 0. The van der Waals surface area contributed by atoms with Crippen LogP contribution in [0.15, 0.2) is 0 Å². The highest BCUT2D eigenvalue weighted by atomic mass is 16.3. The van der Waals surface area contributed by atoms with Crippen molar-refractivity contribution >= 4 is 0 Å².